The minimum Gasteiger partial charge on any atom is -0.478 e. The Hall–Kier alpha value is -11.1. The van der Waals surface area contributed by atoms with Gasteiger partial charge in [-0.2, -0.15) is 20.4 Å². The average Bonchev–Trinajstić information content (AvgIpc) is 1.68. The number of oxazole rings is 1. The number of carboxylic acids is 1. The second-order valence-corrected chi connectivity index (χ2v) is 25.8. The first-order valence-corrected chi connectivity index (χ1v) is 36.7. The van der Waals surface area contributed by atoms with Gasteiger partial charge in [0, 0.05) is 128 Å². The Bertz CT molecular complexity index is 4670. The molecule has 0 bridgehead atoms. The Morgan fingerprint density at radius 1 is 0.514 bits per heavy atom. The molecule has 5 aliphatic heterocycles. The van der Waals surface area contributed by atoms with Gasteiger partial charge in [0.25, 0.3) is 5.91 Å². The van der Waals surface area contributed by atoms with E-state index < -0.39 is 60.5 Å². The van der Waals surface area contributed by atoms with Crippen LogP contribution in [0.1, 0.15) is 116 Å². The predicted molar refractivity (Wildman–Crippen MR) is 402 cm³/mol. The van der Waals surface area contributed by atoms with Crippen LogP contribution >= 0.6 is 0 Å². The first kappa shape index (κ1) is 82.4. The molecule has 0 radical (unpaired) electrons. The highest BCUT2D eigenvalue weighted by Gasteiger charge is 2.33. The second-order valence-electron chi connectivity index (χ2n) is 25.8. The van der Waals surface area contributed by atoms with Gasteiger partial charge >= 0.3 is 29.8 Å². The lowest BCUT2D eigenvalue weighted by Gasteiger charge is -2.25. The molecule has 1 unspecified atom stereocenters. The number of aliphatic hydroxyl groups is 2. The number of hydrogen-bond donors (Lipinski definition) is 9. The number of carbonyl (C=O) groups excluding carboxylic acids is 5. The van der Waals surface area contributed by atoms with Gasteiger partial charge in [0.15, 0.2) is 40.4 Å². The van der Waals surface area contributed by atoms with Crippen LogP contribution in [0.15, 0.2) is 65.2 Å². The fourth-order valence-electron chi connectivity index (χ4n) is 12.7. The normalized spacial score (nSPS) is 16.7. The van der Waals surface area contributed by atoms with Gasteiger partial charge < -0.3 is 94.7 Å². The molecular weight excluding hydrogens is 1450 g/mol. The van der Waals surface area contributed by atoms with E-state index in [0.29, 0.717) is 79.5 Å². The van der Waals surface area contributed by atoms with E-state index in [1.54, 1.807) is 40.3 Å². The first-order chi connectivity index (χ1) is 53.9. The number of hydrogen-bond acceptors (Lipinski definition) is 33. The number of nitrogens with one attached hydrogen (secondary N) is 5. The quantitative estimate of drug-likeness (QED) is 0.0317. The van der Waals surface area contributed by atoms with E-state index in [1.807, 2.05) is 43.3 Å². The Labute approximate surface area is 636 Å². The zero-order valence-electron chi connectivity index (χ0n) is 63.2. The van der Waals surface area contributed by atoms with Crippen LogP contribution < -0.4 is 32.3 Å². The molecule has 14 heterocycles. The van der Waals surface area contributed by atoms with Gasteiger partial charge in [-0.3, -0.25) is 9.59 Å². The van der Waals surface area contributed by atoms with Crippen LogP contribution in [0.5, 0.6) is 0 Å². The van der Waals surface area contributed by atoms with Crippen molar-refractivity contribution < 1.29 is 91.1 Å². The average molecular weight is 1550 g/mol. The maximum absolute atomic E-state index is 12.9. The molecule has 5 aliphatic rings. The van der Waals surface area contributed by atoms with Crippen molar-refractivity contribution in [2.45, 2.75) is 148 Å². The van der Waals surface area contributed by atoms with Gasteiger partial charge in [-0.1, -0.05) is 0 Å². The Morgan fingerprint density at radius 3 is 1.30 bits per heavy atom. The summed E-state index contributed by atoms with van der Waals surface area (Å²) in [4.78, 5) is 96.1. The summed E-state index contributed by atoms with van der Waals surface area (Å²) in [5, 5.41) is 64.2. The molecular formula is C72H96N20O19. The lowest BCUT2D eigenvalue weighted by Crippen LogP contribution is -2.44. The van der Waals surface area contributed by atoms with Crippen molar-refractivity contribution in [3.8, 4) is 11.5 Å². The van der Waals surface area contributed by atoms with E-state index in [4.69, 9.17) is 48.4 Å². The van der Waals surface area contributed by atoms with Crippen LogP contribution in [0.25, 0.3) is 55.6 Å². The third kappa shape index (κ3) is 20.1. The summed E-state index contributed by atoms with van der Waals surface area (Å²) >= 11 is 0. The van der Waals surface area contributed by atoms with Crippen molar-refractivity contribution in [1.29, 1.82) is 0 Å². The highest BCUT2D eigenvalue weighted by Crippen LogP contribution is 2.37. The number of aromatic carboxylic acids is 1. The molecule has 111 heavy (non-hydrogen) atoms. The minimum atomic E-state index is -1.15. The topological polar surface area (TPSA) is 494 Å². The largest absolute Gasteiger partial charge is 0.478 e. The Kier molecular flexibility index (Phi) is 29.7. The van der Waals surface area contributed by atoms with Gasteiger partial charge in [0.05, 0.1) is 127 Å². The molecule has 14 rings (SSSR count). The summed E-state index contributed by atoms with van der Waals surface area (Å²) in [6.45, 7) is 15.6. The molecule has 0 aromatic carbocycles. The number of nitrogens with two attached hydrogens (primary N) is 1. The van der Waals surface area contributed by atoms with Crippen molar-refractivity contribution in [1.82, 2.24) is 69.4 Å². The van der Waals surface area contributed by atoms with Crippen molar-refractivity contribution >= 4 is 109 Å². The number of rotatable bonds is 23. The number of aromatic nitrogens is 13. The fourth-order valence-corrected chi connectivity index (χ4v) is 12.7. The van der Waals surface area contributed by atoms with Gasteiger partial charge in [-0.05, 0) is 79.1 Å². The van der Waals surface area contributed by atoms with Crippen molar-refractivity contribution in [2.75, 3.05) is 122 Å². The Morgan fingerprint density at radius 2 is 0.910 bits per heavy atom. The molecule has 0 spiro atoms. The first-order valence-electron chi connectivity index (χ1n) is 36.7. The van der Waals surface area contributed by atoms with Crippen molar-refractivity contribution in [2.24, 2.45) is 10.7 Å². The van der Waals surface area contributed by atoms with Crippen LogP contribution in [-0.4, -0.2) is 264 Å². The number of aliphatic imine (C=N–C) groups is 1. The zero-order chi connectivity index (χ0) is 79.1. The third-order valence-electron chi connectivity index (χ3n) is 18.8. The molecule has 39 heteroatoms. The minimum absolute atomic E-state index is 0.119. The summed E-state index contributed by atoms with van der Waals surface area (Å²) in [6, 6.07) is -1.77. The van der Waals surface area contributed by atoms with Crippen molar-refractivity contribution in [3.63, 3.8) is 0 Å². The SMILES string of the molecule is CCn1ncc2c(NC3CCOCC3)c(-c3nc(C(=O)OC)co3)cnc21.CCn1ncc2c(NC3CCOCC3)c(C(=O)N[C@@H](CO)C(=O)OC)cnc21.CCn1ncc2c(NC3CCOCC3)c(C(=O)O)cnc21.CCn1ncc2c(NC3CCOCC3)c(C3=NC(C(=O)OC)CO3)cnc21.COC(=O)[C@@H](N)CO. The molecule has 4 fully saturated rings. The maximum atomic E-state index is 12.9. The summed E-state index contributed by atoms with van der Waals surface area (Å²) in [5.41, 5.74) is 12.9. The number of methoxy groups -OCH3 is 4. The van der Waals surface area contributed by atoms with E-state index in [1.165, 1.54) is 47.1 Å². The molecule has 0 saturated carbocycles. The molecule has 9 aromatic rings. The molecule has 4 saturated heterocycles. The molecule has 39 nitrogen and oxygen atoms in total. The van der Waals surface area contributed by atoms with Gasteiger partial charge in [-0.15, -0.1) is 0 Å². The predicted octanol–water partition coefficient (Wildman–Crippen LogP) is 4.37. The second kappa shape index (κ2) is 40.0. The maximum Gasteiger partial charge on any atom is 0.360 e. The smallest absolute Gasteiger partial charge is 0.360 e. The van der Waals surface area contributed by atoms with Gasteiger partial charge in [0.2, 0.25) is 11.8 Å². The van der Waals surface area contributed by atoms with E-state index >= 15 is 0 Å². The van der Waals surface area contributed by atoms with Gasteiger partial charge in [0.1, 0.15) is 24.5 Å². The number of esters is 4. The lowest BCUT2D eigenvalue weighted by atomic mass is 10.1. The van der Waals surface area contributed by atoms with Crippen LogP contribution in [0, 0.1) is 0 Å². The van der Waals surface area contributed by atoms with E-state index in [9.17, 15) is 39.0 Å². The number of aliphatic hydroxyl groups excluding tert-OH is 2. The number of fused-ring (bicyclic) bond motifs is 4. The lowest BCUT2D eigenvalue weighted by molar-refractivity contribution is -0.144. The molecule has 0 aliphatic carbocycles. The summed E-state index contributed by atoms with van der Waals surface area (Å²) in [5.74, 6) is -3.06. The highest BCUT2D eigenvalue weighted by atomic mass is 16.5. The van der Waals surface area contributed by atoms with E-state index in [-0.39, 0.29) is 54.2 Å². The summed E-state index contributed by atoms with van der Waals surface area (Å²) in [6.07, 6.45) is 21.6. The van der Waals surface area contributed by atoms with Crippen LogP contribution in [-0.2, 0) is 83.2 Å². The number of carboxylic acid groups (broad SMARTS) is 1. The van der Waals surface area contributed by atoms with Crippen LogP contribution in [0.3, 0.4) is 0 Å². The molecule has 598 valence electrons. The number of carbonyl (C=O) groups is 6. The van der Waals surface area contributed by atoms with Crippen LogP contribution in [0.2, 0.25) is 0 Å². The summed E-state index contributed by atoms with van der Waals surface area (Å²) in [7, 11) is 5.07. The monoisotopic (exact) mass is 1540 g/mol. The number of ether oxygens (including phenoxy) is 9. The number of amides is 1. The Balaban J connectivity index is 0.000000153. The molecule has 9 aromatic heterocycles. The number of anilines is 4. The molecule has 1 amide bonds. The van der Waals surface area contributed by atoms with Crippen LogP contribution in [0.4, 0.5) is 22.7 Å². The van der Waals surface area contributed by atoms with E-state index in [0.717, 1.165) is 141 Å². The van der Waals surface area contributed by atoms with E-state index in [2.05, 4.69) is 86.4 Å². The number of pyridine rings is 4. The zero-order valence-corrected chi connectivity index (χ0v) is 63.2. The van der Waals surface area contributed by atoms with Gasteiger partial charge in [-0.25, -0.2) is 67.8 Å². The number of aryl methyl sites for hydroxylation is 4. The highest BCUT2D eigenvalue weighted by molar-refractivity contribution is 6.09. The standard InChI is InChI=1S/C18H25N5O5.C18H23N5O4.C18H21N5O4.C14H18N4O3.C4H9NO3/c1-3-23-16-12(9-20-23)15(21-11-4-6-28-7-5-11)13(8-19-16)17(25)22-14(10-24)18(26)27-2;2*1-3-23-16-12(9-20-23)15(21-11-4-6-26-7-5-11)13(8-19-16)17-22-14(10-27-17)18(24)25-2;1-2-18-13-10(8-16-18)12(11(7-15-13)14(19)20)17-9-3-5-21-6-4-9;1-8-4(7)3(5)2-6/h8-9,11,14,24H,3-7,10H2,1-2H3,(H,19,21)(H,22,25);8-9,11,14H,3-7,10H2,1-2H3,(H,19,21);8-11H,3-7H2,1-2H3,(H,19,21);7-9H,2-6H2,1H3,(H,15,17)(H,19,20);3,6H,2,5H2,1H3/t14-;;;;3-/m0...0/s1. The molecule has 10 N–H and O–H groups in total. The third-order valence-corrected chi connectivity index (χ3v) is 18.8. The summed E-state index contributed by atoms with van der Waals surface area (Å²) < 4.78 is 58.4. The van der Waals surface area contributed by atoms with Crippen molar-refractivity contribution in [3.05, 3.63) is 78.2 Å². The number of nitrogens with zero attached hydrogens (tertiary/aromatic N) is 14. The molecule has 3 atom stereocenters. The fraction of sp³-hybridized carbons (Fsp3) is 0.528.